The van der Waals surface area contributed by atoms with Crippen LogP contribution in [0.4, 0.5) is 11.4 Å². The lowest BCUT2D eigenvalue weighted by Crippen LogP contribution is -2.62. The van der Waals surface area contributed by atoms with Gasteiger partial charge in [0.2, 0.25) is 5.91 Å². The van der Waals surface area contributed by atoms with Crippen molar-refractivity contribution in [2.24, 2.45) is 0 Å². The van der Waals surface area contributed by atoms with E-state index in [1.807, 2.05) is 54.4 Å². The number of aromatic nitrogens is 1. The molecule has 1 saturated carbocycles. The summed E-state index contributed by atoms with van der Waals surface area (Å²) in [6, 6.07) is 15.7. The molecule has 0 radical (unpaired) electrons. The first-order valence-corrected chi connectivity index (χ1v) is 11.1. The van der Waals surface area contributed by atoms with Crippen molar-refractivity contribution >= 4 is 44.7 Å². The Balaban J connectivity index is 1.40. The maximum Gasteiger partial charge on any atom is 0.250 e. The molecule has 0 bridgehead atoms. The highest BCUT2D eigenvalue weighted by molar-refractivity contribution is 7.18. The number of likely N-dealkylation sites (N-methyl/N-ethyl adjacent to an activating group) is 1. The van der Waals surface area contributed by atoms with E-state index in [2.05, 4.69) is 16.4 Å². The number of nitrogens with one attached hydrogen (secondary N) is 1. The van der Waals surface area contributed by atoms with Crippen LogP contribution in [0.25, 0.3) is 10.2 Å². The lowest BCUT2D eigenvalue weighted by atomic mass is 9.89. The summed E-state index contributed by atoms with van der Waals surface area (Å²) in [4.78, 5) is 35.0. The van der Waals surface area contributed by atoms with Gasteiger partial charge in [0.15, 0.2) is 0 Å². The first kappa shape index (κ1) is 19.2. The zero-order valence-corrected chi connectivity index (χ0v) is 17.7. The molecule has 1 aliphatic carbocycles. The predicted octanol–water partition coefficient (Wildman–Crippen LogP) is 4.03. The highest BCUT2D eigenvalue weighted by Gasteiger charge is 2.52. The molecule has 2 heterocycles. The molecule has 7 heteroatoms. The number of hydrogen-bond acceptors (Lipinski definition) is 5. The summed E-state index contributed by atoms with van der Waals surface area (Å²) >= 11 is 1.65. The molecule has 2 aliphatic rings. The molecular formula is C23H24N4O2S. The maximum absolute atomic E-state index is 13.5. The number of hydrogen-bond donors (Lipinski definition) is 1. The molecule has 5 rings (SSSR count). The number of nitrogens with zero attached hydrogens (tertiary/aromatic N) is 3. The summed E-state index contributed by atoms with van der Waals surface area (Å²) in [6.45, 7) is 0.832. The second kappa shape index (κ2) is 7.49. The number of benzene rings is 2. The summed E-state index contributed by atoms with van der Waals surface area (Å²) in [6.07, 6.45) is 3.34. The van der Waals surface area contributed by atoms with Crippen molar-refractivity contribution in [2.45, 2.75) is 37.8 Å². The number of para-hydroxylation sites is 3. The maximum atomic E-state index is 13.5. The molecule has 1 fully saturated rings. The summed E-state index contributed by atoms with van der Waals surface area (Å²) < 4.78 is 1.15. The van der Waals surface area contributed by atoms with Crippen LogP contribution in [0, 0.1) is 0 Å². The fourth-order valence-corrected chi connectivity index (χ4v) is 5.75. The van der Waals surface area contributed by atoms with E-state index < -0.39 is 5.54 Å². The summed E-state index contributed by atoms with van der Waals surface area (Å²) in [5, 5.41) is 4.02. The van der Waals surface area contributed by atoms with Crippen LogP contribution < -0.4 is 10.2 Å². The molecular weight excluding hydrogens is 396 g/mol. The van der Waals surface area contributed by atoms with Crippen LogP contribution in [-0.2, 0) is 16.1 Å². The molecule has 1 spiro atoms. The zero-order valence-electron chi connectivity index (χ0n) is 16.9. The minimum absolute atomic E-state index is 0.0391. The van der Waals surface area contributed by atoms with E-state index in [1.54, 1.807) is 16.2 Å². The molecule has 0 saturated heterocycles. The largest absolute Gasteiger partial charge is 0.322 e. The van der Waals surface area contributed by atoms with Gasteiger partial charge in [-0.1, -0.05) is 37.1 Å². The summed E-state index contributed by atoms with van der Waals surface area (Å²) in [5.74, 6) is -0.0938. The van der Waals surface area contributed by atoms with Crippen molar-refractivity contribution in [1.82, 2.24) is 9.88 Å². The Bertz CT molecular complexity index is 1090. The van der Waals surface area contributed by atoms with E-state index in [-0.39, 0.29) is 18.4 Å². The van der Waals surface area contributed by atoms with Crippen LogP contribution in [0.3, 0.4) is 0 Å². The standard InChI is InChI=1S/C23H24N4O2S/c1-26(14-20-24-17-9-3-5-11-19(17)30-20)15-21(28)27-18-10-4-2-8-16(18)25-22(29)23(27)12-6-7-13-23/h2-5,8-11H,6-7,12-15H2,1H3,(H,25,29). The van der Waals surface area contributed by atoms with E-state index in [0.717, 1.165) is 33.8 Å². The van der Waals surface area contributed by atoms with Crippen LogP contribution in [-0.4, -0.2) is 40.8 Å². The Morgan fingerprint density at radius 3 is 2.70 bits per heavy atom. The highest BCUT2D eigenvalue weighted by Crippen LogP contribution is 2.45. The Kier molecular flexibility index (Phi) is 4.79. The number of amides is 2. The number of carbonyl (C=O) groups excluding carboxylic acids is 2. The Morgan fingerprint density at radius 1 is 1.17 bits per heavy atom. The van der Waals surface area contributed by atoms with Gasteiger partial charge in [-0.25, -0.2) is 4.98 Å². The van der Waals surface area contributed by atoms with Gasteiger partial charge in [-0.2, -0.15) is 0 Å². The minimum atomic E-state index is -0.762. The van der Waals surface area contributed by atoms with Crippen molar-refractivity contribution < 1.29 is 9.59 Å². The molecule has 1 aromatic heterocycles. The minimum Gasteiger partial charge on any atom is -0.322 e. The van der Waals surface area contributed by atoms with E-state index in [4.69, 9.17) is 0 Å². The van der Waals surface area contributed by atoms with E-state index in [9.17, 15) is 9.59 Å². The Labute approximate surface area is 179 Å². The van der Waals surface area contributed by atoms with Crippen molar-refractivity contribution in [2.75, 3.05) is 23.8 Å². The lowest BCUT2D eigenvalue weighted by Gasteiger charge is -2.44. The summed E-state index contributed by atoms with van der Waals surface area (Å²) in [5.41, 5.74) is 1.74. The summed E-state index contributed by atoms with van der Waals surface area (Å²) in [7, 11) is 1.93. The third-order valence-electron chi connectivity index (χ3n) is 6.07. The van der Waals surface area contributed by atoms with E-state index in [1.165, 1.54) is 0 Å². The van der Waals surface area contributed by atoms with Gasteiger partial charge in [0, 0.05) is 0 Å². The van der Waals surface area contributed by atoms with Crippen molar-refractivity contribution in [3.63, 3.8) is 0 Å². The molecule has 6 nitrogen and oxygen atoms in total. The van der Waals surface area contributed by atoms with Crippen molar-refractivity contribution in [1.29, 1.82) is 0 Å². The van der Waals surface area contributed by atoms with E-state index >= 15 is 0 Å². The molecule has 1 N–H and O–H groups in total. The number of thiazole rings is 1. The molecule has 1 aliphatic heterocycles. The van der Waals surface area contributed by atoms with Gasteiger partial charge in [-0.3, -0.25) is 19.4 Å². The number of rotatable bonds is 4. The first-order valence-electron chi connectivity index (χ1n) is 10.3. The fraction of sp³-hybridized carbons (Fsp3) is 0.348. The monoisotopic (exact) mass is 420 g/mol. The predicted molar refractivity (Wildman–Crippen MR) is 120 cm³/mol. The van der Waals surface area contributed by atoms with Gasteiger partial charge >= 0.3 is 0 Å². The molecule has 2 amide bonds. The molecule has 154 valence electrons. The van der Waals surface area contributed by atoms with Crippen LogP contribution in [0.2, 0.25) is 0 Å². The lowest BCUT2D eigenvalue weighted by molar-refractivity contribution is -0.127. The fourth-order valence-electron chi connectivity index (χ4n) is 4.70. The van der Waals surface area contributed by atoms with Crippen molar-refractivity contribution in [3.05, 3.63) is 53.5 Å². The van der Waals surface area contributed by atoms with Gasteiger partial charge in [0.05, 0.1) is 34.7 Å². The second-order valence-electron chi connectivity index (χ2n) is 8.19. The van der Waals surface area contributed by atoms with Crippen LogP contribution in [0.1, 0.15) is 30.7 Å². The molecule has 30 heavy (non-hydrogen) atoms. The SMILES string of the molecule is CN(CC(=O)N1c2ccccc2NC(=O)C12CCCC2)Cc1nc2ccccc2s1. The van der Waals surface area contributed by atoms with Crippen LogP contribution >= 0.6 is 11.3 Å². The average molecular weight is 421 g/mol. The van der Waals surface area contributed by atoms with Crippen LogP contribution in [0.5, 0.6) is 0 Å². The second-order valence-corrected chi connectivity index (χ2v) is 9.30. The normalized spacial score (nSPS) is 17.5. The Morgan fingerprint density at radius 2 is 1.90 bits per heavy atom. The first-order chi connectivity index (χ1) is 14.6. The van der Waals surface area contributed by atoms with Crippen molar-refractivity contribution in [3.8, 4) is 0 Å². The number of carbonyl (C=O) groups is 2. The third-order valence-corrected chi connectivity index (χ3v) is 7.09. The molecule has 0 unspecified atom stereocenters. The van der Waals surface area contributed by atoms with Gasteiger partial charge in [-0.15, -0.1) is 11.3 Å². The average Bonchev–Trinajstić information content (AvgIpc) is 3.36. The van der Waals surface area contributed by atoms with Gasteiger partial charge in [0.1, 0.15) is 10.5 Å². The quantitative estimate of drug-likeness (QED) is 0.692. The zero-order chi connectivity index (χ0) is 20.7. The molecule has 2 aromatic carbocycles. The number of anilines is 2. The Hall–Kier alpha value is -2.77. The molecule has 3 aromatic rings. The van der Waals surface area contributed by atoms with Crippen LogP contribution in [0.15, 0.2) is 48.5 Å². The highest BCUT2D eigenvalue weighted by atomic mass is 32.1. The number of fused-ring (bicyclic) bond motifs is 2. The molecule has 0 atom stereocenters. The topological polar surface area (TPSA) is 65.5 Å². The van der Waals surface area contributed by atoms with E-state index in [0.29, 0.717) is 25.1 Å². The smallest absolute Gasteiger partial charge is 0.250 e. The van der Waals surface area contributed by atoms with Gasteiger partial charge < -0.3 is 5.32 Å². The third kappa shape index (κ3) is 3.18. The van der Waals surface area contributed by atoms with Gasteiger partial charge in [0.25, 0.3) is 5.91 Å². The van der Waals surface area contributed by atoms with Gasteiger partial charge in [-0.05, 0) is 44.2 Å².